The summed E-state index contributed by atoms with van der Waals surface area (Å²) < 4.78 is 24.7. The second kappa shape index (κ2) is 8.14. The Kier molecular flexibility index (Phi) is 5.92. The quantitative estimate of drug-likeness (QED) is 0.890. The SMILES string of the molecule is CN1CCCN(CC(O)COC2CCOCC2)c2ccc(F)cc21. The van der Waals surface area contributed by atoms with E-state index in [0.717, 1.165) is 56.9 Å². The van der Waals surface area contributed by atoms with Crippen molar-refractivity contribution >= 4 is 11.4 Å². The van der Waals surface area contributed by atoms with E-state index in [1.54, 1.807) is 12.1 Å². The van der Waals surface area contributed by atoms with E-state index in [1.807, 2.05) is 7.05 Å². The molecule has 1 unspecified atom stereocenters. The first kappa shape index (κ1) is 17.5. The van der Waals surface area contributed by atoms with Gasteiger partial charge in [0.1, 0.15) is 5.82 Å². The van der Waals surface area contributed by atoms with Crippen LogP contribution in [0.4, 0.5) is 15.8 Å². The van der Waals surface area contributed by atoms with Crippen molar-refractivity contribution in [1.29, 1.82) is 0 Å². The molecular weight excluding hydrogens is 311 g/mol. The van der Waals surface area contributed by atoms with Crippen LogP contribution in [0.15, 0.2) is 18.2 Å². The van der Waals surface area contributed by atoms with Gasteiger partial charge in [-0.2, -0.15) is 0 Å². The van der Waals surface area contributed by atoms with E-state index in [-0.39, 0.29) is 11.9 Å². The van der Waals surface area contributed by atoms with E-state index in [0.29, 0.717) is 13.2 Å². The molecule has 5 nitrogen and oxygen atoms in total. The maximum absolute atomic E-state index is 13.6. The molecule has 0 aromatic heterocycles. The van der Waals surface area contributed by atoms with E-state index >= 15 is 0 Å². The van der Waals surface area contributed by atoms with Gasteiger partial charge in [-0.05, 0) is 37.5 Å². The molecule has 1 aromatic rings. The Morgan fingerprint density at radius 1 is 1.29 bits per heavy atom. The second-order valence-corrected chi connectivity index (χ2v) is 6.65. The standard InChI is InChI=1S/C18H27FN2O3/c1-20-7-2-8-21(17-4-3-14(19)11-18(17)20)12-15(22)13-24-16-5-9-23-10-6-16/h3-4,11,15-16,22H,2,5-10,12-13H2,1H3. The summed E-state index contributed by atoms with van der Waals surface area (Å²) in [5, 5.41) is 10.4. The van der Waals surface area contributed by atoms with Gasteiger partial charge in [-0.3, -0.25) is 0 Å². The monoisotopic (exact) mass is 338 g/mol. The highest BCUT2D eigenvalue weighted by Gasteiger charge is 2.22. The number of rotatable bonds is 5. The van der Waals surface area contributed by atoms with Crippen LogP contribution in [0, 0.1) is 5.82 Å². The molecule has 2 heterocycles. The van der Waals surface area contributed by atoms with Gasteiger partial charge in [0, 0.05) is 39.9 Å². The topological polar surface area (TPSA) is 45.2 Å². The van der Waals surface area contributed by atoms with Gasteiger partial charge >= 0.3 is 0 Å². The van der Waals surface area contributed by atoms with Gasteiger partial charge in [-0.1, -0.05) is 0 Å². The van der Waals surface area contributed by atoms with Crippen LogP contribution in [0.1, 0.15) is 19.3 Å². The Morgan fingerprint density at radius 3 is 2.88 bits per heavy atom. The summed E-state index contributed by atoms with van der Waals surface area (Å²) in [7, 11) is 1.98. The lowest BCUT2D eigenvalue weighted by molar-refractivity contribution is -0.0575. The molecule has 24 heavy (non-hydrogen) atoms. The number of hydrogen-bond donors (Lipinski definition) is 1. The maximum atomic E-state index is 13.6. The van der Waals surface area contributed by atoms with Crippen molar-refractivity contribution < 1.29 is 19.0 Å². The minimum atomic E-state index is -0.561. The van der Waals surface area contributed by atoms with Gasteiger partial charge < -0.3 is 24.4 Å². The van der Waals surface area contributed by atoms with Crippen LogP contribution >= 0.6 is 0 Å². The van der Waals surface area contributed by atoms with Crippen molar-refractivity contribution in [2.24, 2.45) is 0 Å². The Bertz CT molecular complexity index is 537. The first-order valence-corrected chi connectivity index (χ1v) is 8.76. The number of anilines is 2. The van der Waals surface area contributed by atoms with Crippen LogP contribution in [0.3, 0.4) is 0 Å². The molecule has 2 aliphatic rings. The van der Waals surface area contributed by atoms with Crippen molar-refractivity contribution in [2.75, 3.05) is 56.3 Å². The molecule has 1 aromatic carbocycles. The molecule has 2 aliphatic heterocycles. The van der Waals surface area contributed by atoms with Gasteiger partial charge in [0.2, 0.25) is 0 Å². The normalized spacial score (nSPS) is 20.6. The molecule has 134 valence electrons. The fourth-order valence-electron chi connectivity index (χ4n) is 3.40. The highest BCUT2D eigenvalue weighted by atomic mass is 19.1. The Balaban J connectivity index is 1.60. The number of nitrogens with zero attached hydrogens (tertiary/aromatic N) is 2. The van der Waals surface area contributed by atoms with Gasteiger partial charge in [0.15, 0.2) is 0 Å². The number of fused-ring (bicyclic) bond motifs is 1. The molecule has 0 bridgehead atoms. The zero-order valence-electron chi connectivity index (χ0n) is 14.3. The number of aliphatic hydroxyl groups excluding tert-OH is 1. The lowest BCUT2D eigenvalue weighted by Gasteiger charge is -2.29. The van der Waals surface area contributed by atoms with E-state index < -0.39 is 6.10 Å². The third-order valence-electron chi connectivity index (χ3n) is 4.73. The third-order valence-corrected chi connectivity index (χ3v) is 4.73. The summed E-state index contributed by atoms with van der Waals surface area (Å²) >= 11 is 0. The predicted molar refractivity (Wildman–Crippen MR) is 92.3 cm³/mol. The first-order valence-electron chi connectivity index (χ1n) is 8.76. The molecule has 1 fully saturated rings. The molecule has 0 radical (unpaired) electrons. The molecule has 6 heteroatoms. The van der Waals surface area contributed by atoms with Crippen LogP contribution < -0.4 is 9.80 Å². The predicted octanol–water partition coefficient (Wildman–Crippen LogP) is 2.03. The molecule has 1 saturated heterocycles. The fraction of sp³-hybridized carbons (Fsp3) is 0.667. The molecule has 0 spiro atoms. The van der Waals surface area contributed by atoms with Crippen LogP contribution in [-0.2, 0) is 9.47 Å². The molecule has 0 amide bonds. The number of β-amino-alcohol motifs (C(OH)–C–C–N with tert-alkyl or cyclic N) is 1. The summed E-state index contributed by atoms with van der Waals surface area (Å²) in [6.45, 7) is 4.01. The molecular formula is C18H27FN2O3. The Labute approximate surface area is 143 Å². The zero-order valence-corrected chi connectivity index (χ0v) is 14.3. The van der Waals surface area contributed by atoms with Crippen LogP contribution in [0.2, 0.25) is 0 Å². The van der Waals surface area contributed by atoms with Gasteiger partial charge in [-0.15, -0.1) is 0 Å². The van der Waals surface area contributed by atoms with Crippen molar-refractivity contribution in [1.82, 2.24) is 0 Å². The van der Waals surface area contributed by atoms with E-state index in [1.165, 1.54) is 6.07 Å². The summed E-state index contributed by atoms with van der Waals surface area (Å²) in [5.74, 6) is -0.231. The molecule has 1 N–H and O–H groups in total. The van der Waals surface area contributed by atoms with Crippen LogP contribution in [-0.4, -0.2) is 63.8 Å². The van der Waals surface area contributed by atoms with E-state index in [9.17, 15) is 9.50 Å². The van der Waals surface area contributed by atoms with E-state index in [4.69, 9.17) is 9.47 Å². The zero-order chi connectivity index (χ0) is 16.9. The molecule has 1 atom stereocenters. The highest BCUT2D eigenvalue weighted by molar-refractivity contribution is 5.72. The molecule has 0 aliphatic carbocycles. The van der Waals surface area contributed by atoms with Crippen LogP contribution in [0.5, 0.6) is 0 Å². The van der Waals surface area contributed by atoms with Crippen molar-refractivity contribution in [3.05, 3.63) is 24.0 Å². The van der Waals surface area contributed by atoms with Crippen molar-refractivity contribution in [3.8, 4) is 0 Å². The summed E-state index contributed by atoms with van der Waals surface area (Å²) in [4.78, 5) is 4.21. The van der Waals surface area contributed by atoms with Gasteiger partial charge in [-0.25, -0.2) is 4.39 Å². The summed E-state index contributed by atoms with van der Waals surface area (Å²) in [6, 6.07) is 4.85. The average molecular weight is 338 g/mol. The third kappa shape index (κ3) is 4.37. The molecule has 0 saturated carbocycles. The average Bonchev–Trinajstić information content (AvgIpc) is 2.73. The maximum Gasteiger partial charge on any atom is 0.125 e. The summed E-state index contributed by atoms with van der Waals surface area (Å²) in [6.07, 6.45) is 2.38. The highest BCUT2D eigenvalue weighted by Crippen LogP contribution is 2.32. The largest absolute Gasteiger partial charge is 0.389 e. The second-order valence-electron chi connectivity index (χ2n) is 6.65. The number of ether oxygens (including phenoxy) is 2. The lowest BCUT2D eigenvalue weighted by Crippen LogP contribution is -2.37. The molecule has 3 rings (SSSR count). The van der Waals surface area contributed by atoms with Crippen LogP contribution in [0.25, 0.3) is 0 Å². The fourth-order valence-corrected chi connectivity index (χ4v) is 3.40. The summed E-state index contributed by atoms with van der Waals surface area (Å²) in [5.41, 5.74) is 1.85. The Morgan fingerprint density at radius 2 is 2.08 bits per heavy atom. The number of hydrogen-bond acceptors (Lipinski definition) is 5. The van der Waals surface area contributed by atoms with Crippen molar-refractivity contribution in [3.63, 3.8) is 0 Å². The van der Waals surface area contributed by atoms with E-state index in [2.05, 4.69) is 9.80 Å². The smallest absolute Gasteiger partial charge is 0.125 e. The lowest BCUT2D eigenvalue weighted by atomic mass is 10.1. The minimum Gasteiger partial charge on any atom is -0.389 e. The van der Waals surface area contributed by atoms with Crippen molar-refractivity contribution in [2.45, 2.75) is 31.5 Å². The number of benzene rings is 1. The Hall–Kier alpha value is -1.37. The first-order chi connectivity index (χ1) is 11.6. The number of halogens is 1. The van der Waals surface area contributed by atoms with Gasteiger partial charge in [0.25, 0.3) is 0 Å². The minimum absolute atomic E-state index is 0.185. The van der Waals surface area contributed by atoms with Gasteiger partial charge in [0.05, 0.1) is 30.2 Å². The number of aliphatic hydroxyl groups is 1.